The van der Waals surface area contributed by atoms with Crippen molar-refractivity contribution < 1.29 is 39.3 Å². The molecule has 0 amide bonds. The second kappa shape index (κ2) is 7.14. The molecular formula is C20H12F6N2O3S. The number of benzene rings is 3. The Balaban J connectivity index is 1.94. The molecule has 1 heterocycles. The lowest BCUT2D eigenvalue weighted by Gasteiger charge is -2.28. The molecule has 0 saturated carbocycles. The van der Waals surface area contributed by atoms with E-state index in [-0.39, 0.29) is 23.1 Å². The zero-order valence-corrected chi connectivity index (χ0v) is 16.5. The average molecular weight is 474 g/mol. The molecule has 4 rings (SSSR count). The molecule has 0 aromatic heterocycles. The number of rotatable bonds is 2. The van der Waals surface area contributed by atoms with Crippen molar-refractivity contribution in [1.29, 1.82) is 0 Å². The average Bonchev–Trinajstić information content (AvgIpc) is 2.69. The smallest absolute Gasteiger partial charge is 0.352 e. The molecular weight excluding hydrogens is 462 g/mol. The number of nitrogens with zero attached hydrogens (tertiary/aromatic N) is 1. The SMILES string of the molecule is O=S(=O)(O)N1C=C(c2cc(C(F)(F)F)cc(C(F)(F)F)c2)Nc2cc3ccccc3cc21. The summed E-state index contributed by atoms with van der Waals surface area (Å²) >= 11 is 0. The van der Waals surface area contributed by atoms with Crippen LogP contribution in [-0.4, -0.2) is 13.0 Å². The zero-order valence-electron chi connectivity index (χ0n) is 15.7. The van der Waals surface area contributed by atoms with Crippen LogP contribution in [0.25, 0.3) is 16.5 Å². The van der Waals surface area contributed by atoms with Crippen LogP contribution in [0.2, 0.25) is 0 Å². The van der Waals surface area contributed by atoms with E-state index in [0.717, 1.165) is 6.20 Å². The van der Waals surface area contributed by atoms with Crippen LogP contribution in [-0.2, 0) is 22.7 Å². The van der Waals surface area contributed by atoms with E-state index in [0.29, 0.717) is 27.2 Å². The van der Waals surface area contributed by atoms with Crippen molar-refractivity contribution in [3.05, 3.63) is 77.5 Å². The number of hydrogen-bond acceptors (Lipinski definition) is 3. The van der Waals surface area contributed by atoms with Gasteiger partial charge in [0.25, 0.3) is 0 Å². The van der Waals surface area contributed by atoms with E-state index >= 15 is 0 Å². The first-order valence-electron chi connectivity index (χ1n) is 8.82. The van der Waals surface area contributed by atoms with Crippen LogP contribution in [0, 0.1) is 0 Å². The molecule has 2 N–H and O–H groups in total. The number of alkyl halides is 6. The van der Waals surface area contributed by atoms with Crippen LogP contribution >= 0.6 is 0 Å². The van der Waals surface area contributed by atoms with E-state index in [4.69, 9.17) is 0 Å². The van der Waals surface area contributed by atoms with Gasteiger partial charge < -0.3 is 5.32 Å². The number of nitrogens with one attached hydrogen (secondary N) is 1. The van der Waals surface area contributed by atoms with E-state index < -0.39 is 39.3 Å². The van der Waals surface area contributed by atoms with Crippen molar-refractivity contribution in [2.24, 2.45) is 0 Å². The van der Waals surface area contributed by atoms with Crippen LogP contribution in [0.1, 0.15) is 16.7 Å². The topological polar surface area (TPSA) is 69.6 Å². The fourth-order valence-electron chi connectivity index (χ4n) is 3.32. The zero-order chi connectivity index (χ0) is 23.5. The molecule has 0 aliphatic carbocycles. The lowest BCUT2D eigenvalue weighted by atomic mass is 10.0. The van der Waals surface area contributed by atoms with E-state index in [9.17, 15) is 39.3 Å². The Hall–Kier alpha value is -3.25. The maximum atomic E-state index is 13.2. The summed E-state index contributed by atoms with van der Waals surface area (Å²) in [5, 5.41) is 3.89. The third-order valence-electron chi connectivity index (χ3n) is 4.76. The minimum Gasteiger partial charge on any atom is -0.352 e. The van der Waals surface area contributed by atoms with Crippen molar-refractivity contribution in [3.63, 3.8) is 0 Å². The Morgan fingerprint density at radius 2 is 1.34 bits per heavy atom. The predicted molar refractivity (Wildman–Crippen MR) is 106 cm³/mol. The van der Waals surface area contributed by atoms with Crippen molar-refractivity contribution in [1.82, 2.24) is 0 Å². The normalized spacial score (nSPS) is 14.7. The van der Waals surface area contributed by atoms with Gasteiger partial charge >= 0.3 is 22.7 Å². The Labute approximate surface area is 177 Å². The molecule has 0 atom stereocenters. The van der Waals surface area contributed by atoms with Crippen LogP contribution in [0.15, 0.2) is 60.8 Å². The third-order valence-corrected chi connectivity index (χ3v) is 5.56. The summed E-state index contributed by atoms with van der Waals surface area (Å²) in [6.07, 6.45) is -9.44. The first kappa shape index (κ1) is 22.0. The van der Waals surface area contributed by atoms with E-state index in [1.54, 1.807) is 24.3 Å². The van der Waals surface area contributed by atoms with Crippen molar-refractivity contribution in [2.45, 2.75) is 12.4 Å². The third kappa shape index (κ3) is 4.10. The van der Waals surface area contributed by atoms with Gasteiger partial charge in [0.2, 0.25) is 0 Å². The monoisotopic (exact) mass is 474 g/mol. The fraction of sp³-hybridized carbons (Fsp3) is 0.100. The molecule has 3 aromatic carbocycles. The number of fused-ring (bicyclic) bond motifs is 2. The molecule has 0 radical (unpaired) electrons. The van der Waals surface area contributed by atoms with Crippen molar-refractivity contribution in [2.75, 3.05) is 9.62 Å². The van der Waals surface area contributed by atoms with E-state index in [2.05, 4.69) is 5.32 Å². The highest BCUT2D eigenvalue weighted by Gasteiger charge is 2.38. The highest BCUT2D eigenvalue weighted by molar-refractivity contribution is 7.87. The van der Waals surface area contributed by atoms with Gasteiger partial charge in [-0.05, 0) is 41.1 Å². The van der Waals surface area contributed by atoms with Crippen LogP contribution in [0.3, 0.4) is 0 Å². The molecule has 0 unspecified atom stereocenters. The number of halogens is 6. The van der Waals surface area contributed by atoms with Gasteiger partial charge in [0.15, 0.2) is 0 Å². The summed E-state index contributed by atoms with van der Waals surface area (Å²) in [7, 11) is -4.95. The van der Waals surface area contributed by atoms with Gasteiger partial charge in [-0.25, -0.2) is 4.31 Å². The summed E-state index contributed by atoms with van der Waals surface area (Å²) in [5.41, 5.74) is -4.08. The van der Waals surface area contributed by atoms with Gasteiger partial charge in [0.05, 0.1) is 28.2 Å². The lowest BCUT2D eigenvalue weighted by molar-refractivity contribution is -0.143. The summed E-state index contributed by atoms with van der Waals surface area (Å²) < 4.78 is 113. The Morgan fingerprint density at radius 1 is 0.812 bits per heavy atom. The summed E-state index contributed by atoms with van der Waals surface area (Å²) in [6, 6.07) is 10.5. The van der Waals surface area contributed by atoms with E-state index in [1.165, 1.54) is 12.1 Å². The van der Waals surface area contributed by atoms with Crippen molar-refractivity contribution in [3.8, 4) is 0 Å². The van der Waals surface area contributed by atoms with Crippen molar-refractivity contribution >= 4 is 38.1 Å². The van der Waals surface area contributed by atoms with Gasteiger partial charge in [0.1, 0.15) is 0 Å². The Kier molecular flexibility index (Phi) is 4.90. The molecule has 0 spiro atoms. The second-order valence-electron chi connectivity index (χ2n) is 6.95. The quantitative estimate of drug-likeness (QED) is 0.358. The molecule has 1 aliphatic rings. The molecule has 168 valence electrons. The summed E-state index contributed by atoms with van der Waals surface area (Å²) in [6.45, 7) is 0. The summed E-state index contributed by atoms with van der Waals surface area (Å²) in [5.74, 6) is 0. The molecule has 3 aromatic rings. The number of hydrogen-bond donors (Lipinski definition) is 2. The largest absolute Gasteiger partial charge is 0.416 e. The first-order chi connectivity index (χ1) is 14.7. The highest BCUT2D eigenvalue weighted by atomic mass is 32.2. The first-order valence-corrected chi connectivity index (χ1v) is 10.2. The minimum atomic E-state index is -5.08. The van der Waals surface area contributed by atoms with Gasteiger partial charge in [-0.3, -0.25) is 4.55 Å². The highest BCUT2D eigenvalue weighted by Crippen LogP contribution is 2.42. The molecule has 0 fully saturated rings. The maximum Gasteiger partial charge on any atom is 0.416 e. The standard InChI is InChI=1S/C20H12F6N2O3S/c21-19(22,23)14-5-13(6-15(9-14)20(24,25)26)17-10-28(32(29,30)31)18-8-12-4-2-1-3-11(12)7-16(18)27-17/h1-10,27H,(H,29,30,31). The minimum absolute atomic E-state index is 0.0328. The predicted octanol–water partition coefficient (Wildman–Crippen LogP) is 5.91. The maximum absolute atomic E-state index is 13.2. The molecule has 12 heteroatoms. The Bertz CT molecular complexity index is 1330. The molecule has 0 saturated heterocycles. The van der Waals surface area contributed by atoms with Crippen LogP contribution in [0.4, 0.5) is 37.7 Å². The fourth-order valence-corrected chi connectivity index (χ4v) is 3.96. The summed E-state index contributed by atoms with van der Waals surface area (Å²) in [4.78, 5) is 0. The second-order valence-corrected chi connectivity index (χ2v) is 8.24. The van der Waals surface area contributed by atoms with Crippen LogP contribution in [0.5, 0.6) is 0 Å². The Morgan fingerprint density at radius 3 is 1.84 bits per heavy atom. The molecule has 1 aliphatic heterocycles. The van der Waals surface area contributed by atoms with Gasteiger partial charge in [-0.2, -0.15) is 34.8 Å². The van der Waals surface area contributed by atoms with Crippen LogP contribution < -0.4 is 9.62 Å². The van der Waals surface area contributed by atoms with E-state index in [1.807, 2.05) is 0 Å². The lowest BCUT2D eigenvalue weighted by Crippen LogP contribution is -2.29. The molecule has 5 nitrogen and oxygen atoms in total. The van der Waals surface area contributed by atoms with Gasteiger partial charge in [-0.1, -0.05) is 24.3 Å². The van der Waals surface area contributed by atoms with Gasteiger partial charge in [0, 0.05) is 11.8 Å². The number of anilines is 2. The molecule has 32 heavy (non-hydrogen) atoms. The van der Waals surface area contributed by atoms with Gasteiger partial charge in [-0.15, -0.1) is 0 Å². The molecule has 0 bridgehead atoms.